The van der Waals surface area contributed by atoms with Crippen molar-refractivity contribution in [1.82, 2.24) is 5.32 Å². The number of anilines is 1. The van der Waals surface area contributed by atoms with E-state index in [0.717, 1.165) is 0 Å². The average molecular weight is 418 g/mol. The summed E-state index contributed by atoms with van der Waals surface area (Å²) in [4.78, 5) is 35.9. The second-order valence-corrected chi connectivity index (χ2v) is 8.49. The van der Waals surface area contributed by atoms with Gasteiger partial charge in [-0.1, -0.05) is 11.8 Å². The van der Waals surface area contributed by atoms with E-state index in [1.165, 1.54) is 7.11 Å². The van der Waals surface area contributed by atoms with Crippen LogP contribution >= 0.6 is 0 Å². The molecule has 0 aliphatic heterocycles. The highest BCUT2D eigenvalue weighted by Gasteiger charge is 2.19. The lowest BCUT2D eigenvalue weighted by Crippen LogP contribution is -2.32. The van der Waals surface area contributed by atoms with Crippen LogP contribution in [0.1, 0.15) is 63.0 Å². The molecule has 1 aromatic rings. The first kappa shape index (κ1) is 24.8. The number of methoxy groups -OCH3 is 1. The van der Waals surface area contributed by atoms with Gasteiger partial charge >= 0.3 is 18.2 Å². The zero-order valence-electron chi connectivity index (χ0n) is 18.8. The Balaban J connectivity index is 3.07. The molecular formula is C22H30N2O6. The third-order valence-electron chi connectivity index (χ3n) is 3.31. The Kier molecular flexibility index (Phi) is 8.28. The molecule has 0 aliphatic carbocycles. The van der Waals surface area contributed by atoms with E-state index in [1.807, 2.05) is 0 Å². The fraction of sp³-hybridized carbons (Fsp3) is 0.500. The summed E-state index contributed by atoms with van der Waals surface area (Å²) in [5.41, 5.74) is 0.338. The smallest absolute Gasteiger partial charge is 0.412 e. The molecule has 8 heteroatoms. The Morgan fingerprint density at radius 1 is 0.967 bits per heavy atom. The molecular weight excluding hydrogens is 388 g/mol. The van der Waals surface area contributed by atoms with Crippen molar-refractivity contribution in [1.29, 1.82) is 0 Å². The van der Waals surface area contributed by atoms with Crippen molar-refractivity contribution in [2.75, 3.05) is 19.0 Å². The monoisotopic (exact) mass is 418 g/mol. The maximum absolute atomic E-state index is 12.2. The summed E-state index contributed by atoms with van der Waals surface area (Å²) in [7, 11) is 1.27. The van der Waals surface area contributed by atoms with E-state index in [-0.39, 0.29) is 12.1 Å². The lowest BCUT2D eigenvalue weighted by molar-refractivity contribution is 0.0532. The van der Waals surface area contributed by atoms with Crippen molar-refractivity contribution in [2.45, 2.75) is 59.7 Å². The molecule has 0 heterocycles. The van der Waals surface area contributed by atoms with Crippen LogP contribution in [-0.2, 0) is 14.2 Å². The Labute approximate surface area is 177 Å². The number of carbonyl (C=O) groups is 3. The molecule has 0 radical (unpaired) electrons. The van der Waals surface area contributed by atoms with Crippen LogP contribution in [-0.4, -0.2) is 43.0 Å². The summed E-state index contributed by atoms with van der Waals surface area (Å²) in [6.45, 7) is 12.3. The fourth-order valence-corrected chi connectivity index (χ4v) is 2.32. The van der Waals surface area contributed by atoms with Gasteiger partial charge in [-0.15, -0.1) is 0 Å². The molecule has 30 heavy (non-hydrogen) atoms. The number of rotatable bonds is 3. The number of benzene rings is 1. The number of carbonyl (C=O) groups excluding carboxylic acids is 3. The molecule has 0 atom stereocenters. The van der Waals surface area contributed by atoms with Gasteiger partial charge in [0.25, 0.3) is 0 Å². The van der Waals surface area contributed by atoms with Crippen molar-refractivity contribution in [3.8, 4) is 11.8 Å². The van der Waals surface area contributed by atoms with Gasteiger partial charge in [0.15, 0.2) is 0 Å². The number of ether oxygens (including phenoxy) is 3. The fourth-order valence-electron chi connectivity index (χ4n) is 2.32. The van der Waals surface area contributed by atoms with Crippen LogP contribution in [0.15, 0.2) is 12.1 Å². The van der Waals surface area contributed by atoms with Crippen molar-refractivity contribution < 1.29 is 28.6 Å². The highest BCUT2D eigenvalue weighted by Crippen LogP contribution is 2.22. The van der Waals surface area contributed by atoms with E-state index in [9.17, 15) is 14.4 Å². The second kappa shape index (κ2) is 10.0. The van der Waals surface area contributed by atoms with Gasteiger partial charge in [0.1, 0.15) is 11.2 Å². The zero-order valence-corrected chi connectivity index (χ0v) is 18.8. The van der Waals surface area contributed by atoms with Gasteiger partial charge in [0.2, 0.25) is 0 Å². The Bertz CT molecular complexity index is 867. The number of hydrogen-bond acceptors (Lipinski definition) is 6. The summed E-state index contributed by atoms with van der Waals surface area (Å²) in [6.07, 6.45) is -1.22. The van der Waals surface area contributed by atoms with E-state index in [0.29, 0.717) is 16.8 Å². The van der Waals surface area contributed by atoms with E-state index >= 15 is 0 Å². The molecule has 2 N–H and O–H groups in total. The predicted octanol–water partition coefficient (Wildman–Crippen LogP) is 4.00. The van der Waals surface area contributed by atoms with Crippen LogP contribution in [0, 0.1) is 18.8 Å². The summed E-state index contributed by atoms with van der Waals surface area (Å²) in [5.74, 6) is 5.05. The minimum atomic E-state index is -0.652. The topological polar surface area (TPSA) is 103 Å². The lowest BCUT2D eigenvalue weighted by Gasteiger charge is -2.20. The maximum Gasteiger partial charge on any atom is 0.412 e. The molecule has 0 aromatic heterocycles. The van der Waals surface area contributed by atoms with Crippen LogP contribution in [0.3, 0.4) is 0 Å². The number of nitrogens with one attached hydrogen (secondary N) is 2. The summed E-state index contributed by atoms with van der Waals surface area (Å²) >= 11 is 0. The molecule has 0 saturated carbocycles. The molecule has 8 nitrogen and oxygen atoms in total. The van der Waals surface area contributed by atoms with E-state index in [1.54, 1.807) is 60.6 Å². The van der Waals surface area contributed by atoms with Crippen LogP contribution in [0.4, 0.5) is 15.3 Å². The third-order valence-corrected chi connectivity index (χ3v) is 3.31. The van der Waals surface area contributed by atoms with E-state index in [4.69, 9.17) is 14.2 Å². The normalized spacial score (nSPS) is 10.9. The number of esters is 1. The zero-order chi connectivity index (χ0) is 23.1. The minimum absolute atomic E-state index is 0.0122. The maximum atomic E-state index is 12.2. The Morgan fingerprint density at radius 2 is 1.53 bits per heavy atom. The highest BCUT2D eigenvalue weighted by atomic mass is 16.6. The van der Waals surface area contributed by atoms with Crippen molar-refractivity contribution >= 4 is 23.8 Å². The molecule has 164 valence electrons. The molecule has 0 spiro atoms. The first-order valence-electron chi connectivity index (χ1n) is 9.40. The predicted molar refractivity (Wildman–Crippen MR) is 113 cm³/mol. The molecule has 0 fully saturated rings. The van der Waals surface area contributed by atoms with Crippen molar-refractivity contribution in [3.63, 3.8) is 0 Å². The third kappa shape index (κ3) is 8.86. The molecule has 1 aromatic carbocycles. The van der Waals surface area contributed by atoms with Gasteiger partial charge in [-0.2, -0.15) is 0 Å². The number of alkyl carbamates (subject to hydrolysis) is 1. The number of hydrogen-bond donors (Lipinski definition) is 2. The number of amides is 2. The Hall–Kier alpha value is -3.21. The Morgan fingerprint density at radius 3 is 2.07 bits per heavy atom. The van der Waals surface area contributed by atoms with Crippen molar-refractivity contribution in [2.24, 2.45) is 0 Å². The SMILES string of the molecule is COC(=O)c1c(C)cc(NC(=O)OC(C)(C)C)cc1C#CCNC(=O)OC(C)(C)C. The summed E-state index contributed by atoms with van der Waals surface area (Å²) in [6, 6.07) is 3.17. The quantitative estimate of drug-likeness (QED) is 0.437. The highest BCUT2D eigenvalue weighted by molar-refractivity contribution is 5.95. The largest absolute Gasteiger partial charge is 0.465 e. The van der Waals surface area contributed by atoms with Gasteiger partial charge < -0.3 is 19.5 Å². The van der Waals surface area contributed by atoms with Crippen LogP contribution in [0.25, 0.3) is 0 Å². The minimum Gasteiger partial charge on any atom is -0.465 e. The second-order valence-electron chi connectivity index (χ2n) is 8.49. The summed E-state index contributed by atoms with van der Waals surface area (Å²) < 4.78 is 15.2. The molecule has 0 aliphatic rings. The molecule has 0 unspecified atom stereocenters. The van der Waals surface area contributed by atoms with Crippen molar-refractivity contribution in [3.05, 3.63) is 28.8 Å². The van der Waals surface area contributed by atoms with Crippen LogP contribution in [0.2, 0.25) is 0 Å². The molecule has 2 amide bonds. The standard InChI is InChI=1S/C22H30N2O6/c1-14-12-16(24-20(27)30-22(5,6)7)13-15(17(14)18(25)28-8)10-9-11-23-19(26)29-21(2,3)4/h12-13H,11H2,1-8H3,(H,23,26)(H,24,27). The summed E-state index contributed by atoms with van der Waals surface area (Å²) in [5, 5.41) is 5.15. The first-order valence-corrected chi connectivity index (χ1v) is 9.40. The first-order chi connectivity index (χ1) is 13.7. The van der Waals surface area contributed by atoms with Gasteiger partial charge in [0.05, 0.1) is 19.2 Å². The molecule has 0 bridgehead atoms. The van der Waals surface area contributed by atoms with Gasteiger partial charge in [-0.3, -0.25) is 5.32 Å². The number of aryl methyl sites for hydroxylation is 1. The van der Waals surface area contributed by atoms with E-state index in [2.05, 4.69) is 22.5 Å². The van der Waals surface area contributed by atoms with Crippen LogP contribution in [0.5, 0.6) is 0 Å². The molecule has 0 saturated heterocycles. The van der Waals surface area contributed by atoms with Gasteiger partial charge in [-0.05, 0) is 66.2 Å². The average Bonchev–Trinajstić information content (AvgIpc) is 2.54. The van der Waals surface area contributed by atoms with Gasteiger partial charge in [-0.25, -0.2) is 14.4 Å². The van der Waals surface area contributed by atoms with Gasteiger partial charge in [0, 0.05) is 11.3 Å². The van der Waals surface area contributed by atoms with Crippen LogP contribution < -0.4 is 10.6 Å². The lowest BCUT2D eigenvalue weighted by atomic mass is 10.0. The molecule has 1 rings (SSSR count). The van der Waals surface area contributed by atoms with E-state index < -0.39 is 29.4 Å².